The number of fused-ring (bicyclic) bond motifs is 2. The third-order valence-corrected chi connectivity index (χ3v) is 8.46. The minimum atomic E-state index is -3.95. The minimum Gasteiger partial charge on any atom is -0.466 e. The predicted octanol–water partition coefficient (Wildman–Crippen LogP) is 3.32. The molecular formula is C28H27N3O6S. The second kappa shape index (κ2) is 10.3. The highest BCUT2D eigenvalue weighted by atomic mass is 32.2. The normalized spacial score (nSPS) is 13.3. The van der Waals surface area contributed by atoms with Gasteiger partial charge in [-0.15, -0.1) is 0 Å². The van der Waals surface area contributed by atoms with Crippen molar-refractivity contribution in [2.24, 2.45) is 0 Å². The van der Waals surface area contributed by atoms with Gasteiger partial charge in [0.1, 0.15) is 0 Å². The first kappa shape index (κ1) is 25.5. The van der Waals surface area contributed by atoms with Gasteiger partial charge >= 0.3 is 11.7 Å². The minimum absolute atomic E-state index is 0.0197. The molecule has 0 saturated carbocycles. The van der Waals surface area contributed by atoms with Crippen LogP contribution in [0.1, 0.15) is 30.9 Å². The average Bonchev–Trinajstić information content (AvgIpc) is 2.91. The number of aromatic amines is 1. The van der Waals surface area contributed by atoms with Crippen molar-refractivity contribution in [3.63, 3.8) is 0 Å². The molecule has 196 valence electrons. The summed E-state index contributed by atoms with van der Waals surface area (Å²) in [6, 6.07) is 18.3. The molecule has 0 spiro atoms. The fourth-order valence-corrected chi connectivity index (χ4v) is 6.48. The first-order chi connectivity index (χ1) is 18.3. The molecule has 4 aromatic rings. The zero-order valence-electron chi connectivity index (χ0n) is 20.8. The highest BCUT2D eigenvalue weighted by Gasteiger charge is 2.29. The van der Waals surface area contributed by atoms with E-state index in [1.165, 1.54) is 28.6 Å². The lowest BCUT2D eigenvalue weighted by atomic mass is 10.0. The van der Waals surface area contributed by atoms with Crippen LogP contribution < -0.4 is 15.6 Å². The zero-order chi connectivity index (χ0) is 26.9. The SMILES string of the molecule is CCOC(=O)CCc1cccc2[nH]c(=O)n(-c3cccc(S(=O)(=O)N4CCCc5ccccc54)c3)c(=O)c12. The number of hydrogen-bond donors (Lipinski definition) is 1. The molecule has 0 aliphatic carbocycles. The van der Waals surface area contributed by atoms with Gasteiger partial charge in [0.15, 0.2) is 0 Å². The molecule has 5 rings (SSSR count). The molecule has 1 N–H and O–H groups in total. The largest absolute Gasteiger partial charge is 0.466 e. The molecule has 1 aliphatic rings. The van der Waals surface area contributed by atoms with Gasteiger partial charge in [-0.05, 0) is 67.6 Å². The van der Waals surface area contributed by atoms with Crippen molar-refractivity contribution in [2.45, 2.75) is 37.5 Å². The van der Waals surface area contributed by atoms with Crippen molar-refractivity contribution in [2.75, 3.05) is 17.5 Å². The molecule has 0 radical (unpaired) electrons. The molecule has 10 heteroatoms. The molecule has 1 aromatic heterocycles. The smallest absolute Gasteiger partial charge is 0.333 e. The van der Waals surface area contributed by atoms with Crippen LogP contribution in [0, 0.1) is 0 Å². The number of carbonyl (C=O) groups excluding carboxylic acids is 1. The summed E-state index contributed by atoms with van der Waals surface area (Å²) in [7, 11) is -3.95. The number of nitrogens with zero attached hydrogens (tertiary/aromatic N) is 2. The van der Waals surface area contributed by atoms with Crippen LogP contribution in [0.15, 0.2) is 81.2 Å². The van der Waals surface area contributed by atoms with Gasteiger partial charge in [0.25, 0.3) is 15.6 Å². The maximum atomic E-state index is 13.7. The first-order valence-electron chi connectivity index (χ1n) is 12.4. The number of sulfonamides is 1. The quantitative estimate of drug-likeness (QED) is 0.364. The lowest BCUT2D eigenvalue weighted by Gasteiger charge is -2.30. The second-order valence-corrected chi connectivity index (χ2v) is 10.9. The highest BCUT2D eigenvalue weighted by molar-refractivity contribution is 7.92. The Hall–Kier alpha value is -4.18. The van der Waals surface area contributed by atoms with Crippen LogP contribution in [0.4, 0.5) is 5.69 Å². The number of anilines is 1. The molecule has 2 heterocycles. The molecule has 0 unspecified atom stereocenters. The number of esters is 1. The maximum Gasteiger partial charge on any atom is 0.333 e. The summed E-state index contributed by atoms with van der Waals surface area (Å²) in [6.07, 6.45) is 1.81. The van der Waals surface area contributed by atoms with E-state index in [0.717, 1.165) is 16.6 Å². The standard InChI is InChI=1S/C28H27N3O6S/c1-2-37-25(32)16-15-20-9-5-13-23-26(20)27(33)31(28(34)29-23)21-11-6-12-22(18-21)38(35,36)30-17-7-10-19-8-3-4-14-24(19)30/h3-6,8-9,11-14,18H,2,7,10,15-17H2,1H3,(H,29,34). The molecular weight excluding hydrogens is 506 g/mol. The summed E-state index contributed by atoms with van der Waals surface area (Å²) in [5.74, 6) is -0.383. The van der Waals surface area contributed by atoms with Crippen molar-refractivity contribution < 1.29 is 17.9 Å². The van der Waals surface area contributed by atoms with E-state index in [-0.39, 0.29) is 41.4 Å². The van der Waals surface area contributed by atoms with Gasteiger partial charge in [-0.2, -0.15) is 0 Å². The average molecular weight is 534 g/mol. The molecule has 9 nitrogen and oxygen atoms in total. The van der Waals surface area contributed by atoms with E-state index in [1.54, 1.807) is 37.3 Å². The summed E-state index contributed by atoms with van der Waals surface area (Å²) >= 11 is 0. The van der Waals surface area contributed by atoms with E-state index < -0.39 is 21.3 Å². The van der Waals surface area contributed by atoms with Gasteiger partial charge < -0.3 is 9.72 Å². The molecule has 0 bridgehead atoms. The number of aryl methyl sites for hydroxylation is 2. The number of nitrogens with one attached hydrogen (secondary N) is 1. The van der Waals surface area contributed by atoms with Gasteiger partial charge in [0, 0.05) is 13.0 Å². The van der Waals surface area contributed by atoms with Crippen molar-refractivity contribution in [3.05, 3.63) is 98.7 Å². The van der Waals surface area contributed by atoms with Crippen LogP contribution in [-0.2, 0) is 32.4 Å². The Morgan fingerprint density at radius 3 is 2.63 bits per heavy atom. The van der Waals surface area contributed by atoms with Crippen LogP contribution >= 0.6 is 0 Å². The van der Waals surface area contributed by atoms with Crippen LogP contribution in [0.3, 0.4) is 0 Å². The highest BCUT2D eigenvalue weighted by Crippen LogP contribution is 2.32. The third kappa shape index (κ3) is 4.63. The summed E-state index contributed by atoms with van der Waals surface area (Å²) < 4.78 is 34.7. The van der Waals surface area contributed by atoms with Crippen molar-refractivity contribution in [3.8, 4) is 5.69 Å². The molecule has 0 fully saturated rings. The molecule has 3 aromatic carbocycles. The lowest BCUT2D eigenvalue weighted by molar-refractivity contribution is -0.143. The number of ether oxygens (including phenoxy) is 1. The third-order valence-electron chi connectivity index (χ3n) is 6.65. The molecule has 38 heavy (non-hydrogen) atoms. The van der Waals surface area contributed by atoms with Gasteiger partial charge in [-0.1, -0.05) is 36.4 Å². The number of carbonyl (C=O) groups is 1. The molecule has 0 amide bonds. The molecule has 1 aliphatic heterocycles. The van der Waals surface area contributed by atoms with Crippen LogP contribution in [0.25, 0.3) is 16.6 Å². The van der Waals surface area contributed by atoms with E-state index in [2.05, 4.69) is 4.98 Å². The Kier molecular flexibility index (Phi) is 6.90. The van der Waals surface area contributed by atoms with Gasteiger partial charge in [0.2, 0.25) is 0 Å². The van der Waals surface area contributed by atoms with E-state index in [1.807, 2.05) is 12.1 Å². The van der Waals surface area contributed by atoms with E-state index >= 15 is 0 Å². The van der Waals surface area contributed by atoms with Gasteiger partial charge in [-0.25, -0.2) is 17.8 Å². The fourth-order valence-electron chi connectivity index (χ4n) is 4.90. The monoisotopic (exact) mass is 533 g/mol. The number of benzene rings is 3. The molecule has 0 atom stereocenters. The summed E-state index contributed by atoms with van der Waals surface area (Å²) in [4.78, 5) is 41.2. The van der Waals surface area contributed by atoms with E-state index in [4.69, 9.17) is 4.74 Å². The fraction of sp³-hybridized carbons (Fsp3) is 0.250. The van der Waals surface area contributed by atoms with Crippen LogP contribution in [0.2, 0.25) is 0 Å². The summed E-state index contributed by atoms with van der Waals surface area (Å²) in [5.41, 5.74) is 1.35. The summed E-state index contributed by atoms with van der Waals surface area (Å²) in [5, 5.41) is 0.259. The Morgan fingerprint density at radius 2 is 1.82 bits per heavy atom. The van der Waals surface area contributed by atoms with Crippen molar-refractivity contribution in [1.82, 2.24) is 9.55 Å². The second-order valence-electron chi connectivity index (χ2n) is 9.02. The first-order valence-corrected chi connectivity index (χ1v) is 13.9. The maximum absolute atomic E-state index is 13.7. The Morgan fingerprint density at radius 1 is 1.03 bits per heavy atom. The van der Waals surface area contributed by atoms with E-state index in [9.17, 15) is 22.8 Å². The van der Waals surface area contributed by atoms with Crippen molar-refractivity contribution >= 4 is 32.6 Å². The Balaban J connectivity index is 1.59. The zero-order valence-corrected chi connectivity index (χ0v) is 21.7. The Labute approximate surface area is 219 Å². The topological polar surface area (TPSA) is 119 Å². The van der Waals surface area contributed by atoms with E-state index in [0.29, 0.717) is 29.7 Å². The number of rotatable bonds is 7. The predicted molar refractivity (Wildman–Crippen MR) is 144 cm³/mol. The number of H-pyrrole nitrogens is 1. The van der Waals surface area contributed by atoms with Crippen molar-refractivity contribution in [1.29, 1.82) is 0 Å². The number of aromatic nitrogens is 2. The summed E-state index contributed by atoms with van der Waals surface area (Å²) in [6.45, 7) is 2.32. The molecule has 0 saturated heterocycles. The van der Waals surface area contributed by atoms with Crippen LogP contribution in [-0.4, -0.2) is 37.1 Å². The van der Waals surface area contributed by atoms with Gasteiger partial charge in [-0.3, -0.25) is 13.9 Å². The lowest BCUT2D eigenvalue weighted by Crippen LogP contribution is -2.36. The van der Waals surface area contributed by atoms with Crippen LogP contribution in [0.5, 0.6) is 0 Å². The van der Waals surface area contributed by atoms with Gasteiger partial charge in [0.05, 0.1) is 33.8 Å². The number of hydrogen-bond acceptors (Lipinski definition) is 6. The number of para-hydroxylation sites is 1. The Bertz CT molecular complexity index is 1760.